The van der Waals surface area contributed by atoms with Gasteiger partial charge in [-0.05, 0) is 61.7 Å². The lowest BCUT2D eigenvalue weighted by atomic mass is 9.79. The predicted octanol–water partition coefficient (Wildman–Crippen LogP) is 4.45. The molecule has 1 saturated heterocycles. The Bertz CT molecular complexity index is 1210. The molecular formula is C29H31N3O3. The third-order valence-electron chi connectivity index (χ3n) is 7.06. The first-order valence-electron chi connectivity index (χ1n) is 12.3. The van der Waals surface area contributed by atoms with E-state index in [1.165, 1.54) is 0 Å². The van der Waals surface area contributed by atoms with Crippen molar-refractivity contribution in [2.75, 3.05) is 31.2 Å². The largest absolute Gasteiger partial charge is 0.373 e. The molecule has 0 saturated carbocycles. The van der Waals surface area contributed by atoms with E-state index in [1.54, 1.807) is 4.90 Å². The zero-order valence-corrected chi connectivity index (χ0v) is 20.2. The highest BCUT2D eigenvalue weighted by Gasteiger charge is 2.39. The number of carbonyl (C=O) groups is 2. The number of nitrogens with zero attached hydrogens (tertiary/aromatic N) is 2. The SMILES string of the molecule is CCN(C(=O)c1ccccc1)c1ccc(C(=O)C2CC=CC3=CNC=C4COCCN4C32)c(C)c1. The van der Waals surface area contributed by atoms with Gasteiger partial charge in [0.15, 0.2) is 5.78 Å². The zero-order chi connectivity index (χ0) is 24.4. The number of allylic oxidation sites excluding steroid dienone is 1. The van der Waals surface area contributed by atoms with Crippen molar-refractivity contribution in [1.29, 1.82) is 0 Å². The molecule has 0 radical (unpaired) electrons. The Kier molecular flexibility index (Phi) is 6.55. The monoisotopic (exact) mass is 469 g/mol. The standard InChI is InChI=1S/C29H31N3O3/c1-3-31(29(34)21-8-5-4-6-9-21)23-12-13-25(20(2)16-23)28(33)26-11-7-10-22-17-30-18-24-19-35-15-14-32(24)27(22)26/h4-10,12-13,16-18,26-27,30H,3,11,14-15,19H2,1-2H3. The molecule has 1 fully saturated rings. The molecule has 1 N–H and O–H groups in total. The smallest absolute Gasteiger partial charge is 0.258 e. The molecule has 0 bridgehead atoms. The van der Waals surface area contributed by atoms with Crippen LogP contribution in [0, 0.1) is 12.8 Å². The molecule has 180 valence electrons. The summed E-state index contributed by atoms with van der Waals surface area (Å²) in [6.07, 6.45) is 8.89. The maximum atomic E-state index is 13.9. The van der Waals surface area contributed by atoms with Gasteiger partial charge in [-0.15, -0.1) is 0 Å². The second-order valence-electron chi connectivity index (χ2n) is 9.16. The van der Waals surface area contributed by atoms with Gasteiger partial charge < -0.3 is 19.9 Å². The highest BCUT2D eigenvalue weighted by Crippen LogP contribution is 2.35. The number of morpholine rings is 1. The Balaban J connectivity index is 1.43. The van der Waals surface area contributed by atoms with Gasteiger partial charge in [0.2, 0.25) is 0 Å². The Morgan fingerprint density at radius 3 is 2.74 bits per heavy atom. The number of Topliss-reactive ketones (excluding diaryl/α,β-unsaturated/α-hetero) is 1. The van der Waals surface area contributed by atoms with Crippen LogP contribution >= 0.6 is 0 Å². The summed E-state index contributed by atoms with van der Waals surface area (Å²) < 4.78 is 5.66. The summed E-state index contributed by atoms with van der Waals surface area (Å²) in [7, 11) is 0. The van der Waals surface area contributed by atoms with Gasteiger partial charge in [-0.25, -0.2) is 0 Å². The van der Waals surface area contributed by atoms with Crippen molar-refractivity contribution in [2.24, 2.45) is 5.92 Å². The van der Waals surface area contributed by atoms with Gasteiger partial charge in [-0.2, -0.15) is 0 Å². The maximum absolute atomic E-state index is 13.9. The van der Waals surface area contributed by atoms with E-state index in [2.05, 4.69) is 22.4 Å². The lowest BCUT2D eigenvalue weighted by Gasteiger charge is -2.42. The summed E-state index contributed by atoms with van der Waals surface area (Å²) in [4.78, 5) is 31.1. The number of hydrogen-bond donors (Lipinski definition) is 1. The van der Waals surface area contributed by atoms with Crippen molar-refractivity contribution in [3.8, 4) is 0 Å². The van der Waals surface area contributed by atoms with Gasteiger partial charge in [0.1, 0.15) is 0 Å². The molecule has 2 aliphatic heterocycles. The van der Waals surface area contributed by atoms with Crippen LogP contribution < -0.4 is 10.2 Å². The molecule has 2 atom stereocenters. The minimum Gasteiger partial charge on any atom is -0.373 e. The lowest BCUT2D eigenvalue weighted by Crippen LogP contribution is -2.48. The van der Waals surface area contributed by atoms with Crippen molar-refractivity contribution in [1.82, 2.24) is 10.2 Å². The first kappa shape index (κ1) is 23.1. The quantitative estimate of drug-likeness (QED) is 0.656. The molecule has 2 aromatic carbocycles. The zero-order valence-electron chi connectivity index (χ0n) is 20.2. The molecule has 6 nitrogen and oxygen atoms in total. The molecular weight excluding hydrogens is 438 g/mol. The van der Waals surface area contributed by atoms with Crippen molar-refractivity contribution >= 4 is 17.4 Å². The van der Waals surface area contributed by atoms with Crippen LogP contribution in [-0.2, 0) is 4.74 Å². The number of nitrogens with one attached hydrogen (secondary N) is 1. The fraction of sp³-hybridized carbons (Fsp3) is 0.310. The predicted molar refractivity (Wildman–Crippen MR) is 137 cm³/mol. The number of hydrogen-bond acceptors (Lipinski definition) is 5. The number of carbonyl (C=O) groups excluding carboxylic acids is 2. The van der Waals surface area contributed by atoms with E-state index in [0.29, 0.717) is 37.3 Å². The molecule has 35 heavy (non-hydrogen) atoms. The minimum absolute atomic E-state index is 0.0245. The van der Waals surface area contributed by atoms with Gasteiger partial charge in [0.05, 0.1) is 30.9 Å². The first-order valence-corrected chi connectivity index (χ1v) is 12.3. The normalized spacial score (nSPS) is 21.0. The van der Waals surface area contributed by atoms with Crippen LogP contribution in [0.4, 0.5) is 5.69 Å². The second-order valence-corrected chi connectivity index (χ2v) is 9.16. The van der Waals surface area contributed by atoms with Crippen LogP contribution in [0.3, 0.4) is 0 Å². The fourth-order valence-electron chi connectivity index (χ4n) is 5.31. The number of fused-ring (bicyclic) bond motifs is 3. The first-order chi connectivity index (χ1) is 17.1. The molecule has 5 rings (SSSR count). The van der Waals surface area contributed by atoms with E-state index in [4.69, 9.17) is 4.74 Å². The highest BCUT2D eigenvalue weighted by atomic mass is 16.5. The Morgan fingerprint density at radius 2 is 1.97 bits per heavy atom. The van der Waals surface area contributed by atoms with Gasteiger partial charge in [0, 0.05) is 42.3 Å². The van der Waals surface area contributed by atoms with E-state index in [9.17, 15) is 9.59 Å². The molecule has 2 aromatic rings. The molecule has 6 heteroatoms. The Labute approximate surface area is 206 Å². The fourth-order valence-corrected chi connectivity index (χ4v) is 5.31. The number of aryl methyl sites for hydroxylation is 1. The summed E-state index contributed by atoms with van der Waals surface area (Å²) in [6.45, 7) is 6.43. The van der Waals surface area contributed by atoms with Crippen LogP contribution in [0.2, 0.25) is 0 Å². The van der Waals surface area contributed by atoms with Crippen molar-refractivity contribution in [3.63, 3.8) is 0 Å². The number of benzene rings is 2. The van der Waals surface area contributed by atoms with Gasteiger partial charge in [0.25, 0.3) is 5.91 Å². The summed E-state index contributed by atoms with van der Waals surface area (Å²) in [6, 6.07) is 15.0. The average molecular weight is 470 g/mol. The van der Waals surface area contributed by atoms with Crippen LogP contribution in [0.1, 0.15) is 39.6 Å². The molecule has 1 amide bonds. The second kappa shape index (κ2) is 9.92. The molecule has 2 heterocycles. The van der Waals surface area contributed by atoms with Crippen LogP contribution in [0.15, 0.2) is 84.4 Å². The van der Waals surface area contributed by atoms with E-state index in [1.807, 2.05) is 74.8 Å². The summed E-state index contributed by atoms with van der Waals surface area (Å²) >= 11 is 0. The maximum Gasteiger partial charge on any atom is 0.258 e. The Hall–Kier alpha value is -3.64. The molecule has 0 aromatic heterocycles. The van der Waals surface area contributed by atoms with Crippen LogP contribution in [0.25, 0.3) is 0 Å². The van der Waals surface area contributed by atoms with Crippen molar-refractivity contribution in [2.45, 2.75) is 26.3 Å². The molecule has 0 spiro atoms. The Morgan fingerprint density at radius 1 is 1.14 bits per heavy atom. The van der Waals surface area contributed by atoms with Crippen molar-refractivity contribution < 1.29 is 14.3 Å². The van der Waals surface area contributed by atoms with Crippen LogP contribution in [-0.4, -0.2) is 48.9 Å². The number of ether oxygens (including phenoxy) is 1. The van der Waals surface area contributed by atoms with E-state index in [0.717, 1.165) is 29.1 Å². The number of rotatable bonds is 5. The average Bonchev–Trinajstić information content (AvgIpc) is 3.09. The van der Waals surface area contributed by atoms with Gasteiger partial charge >= 0.3 is 0 Å². The van der Waals surface area contributed by atoms with Gasteiger partial charge in [-0.3, -0.25) is 9.59 Å². The molecule has 1 aliphatic carbocycles. The third-order valence-corrected chi connectivity index (χ3v) is 7.06. The van der Waals surface area contributed by atoms with Crippen molar-refractivity contribution in [3.05, 3.63) is 101 Å². The van der Waals surface area contributed by atoms with Crippen LogP contribution in [0.5, 0.6) is 0 Å². The summed E-state index contributed by atoms with van der Waals surface area (Å²) in [5.41, 5.74) is 5.24. The lowest BCUT2D eigenvalue weighted by molar-refractivity contribution is 0.0455. The summed E-state index contributed by atoms with van der Waals surface area (Å²) in [5.74, 6) is -0.0960. The minimum atomic E-state index is -0.189. The number of ketones is 1. The van der Waals surface area contributed by atoms with E-state index >= 15 is 0 Å². The highest BCUT2D eigenvalue weighted by molar-refractivity contribution is 6.07. The number of amides is 1. The van der Waals surface area contributed by atoms with E-state index < -0.39 is 0 Å². The number of anilines is 1. The topological polar surface area (TPSA) is 61.9 Å². The summed E-state index contributed by atoms with van der Waals surface area (Å²) in [5, 5.41) is 3.26. The molecule has 3 aliphatic rings. The molecule has 2 unspecified atom stereocenters. The van der Waals surface area contributed by atoms with Gasteiger partial charge in [-0.1, -0.05) is 30.4 Å². The third kappa shape index (κ3) is 4.42. The van der Waals surface area contributed by atoms with E-state index in [-0.39, 0.29) is 23.7 Å².